The number of nitrogens with one attached hydrogen (secondary N) is 1. The summed E-state index contributed by atoms with van der Waals surface area (Å²) in [5.41, 5.74) is 4.68. The number of aromatic amines is 1. The molecular formula is C26H26Cl3N3. The minimum absolute atomic E-state index is 0.112. The molecule has 0 amide bonds. The second-order valence-corrected chi connectivity index (χ2v) is 9.48. The Balaban J connectivity index is 1.48. The molecule has 6 heteroatoms. The molecule has 0 aliphatic rings. The maximum absolute atomic E-state index is 6.45. The van der Waals surface area contributed by atoms with Crippen molar-refractivity contribution in [3.63, 3.8) is 0 Å². The fraction of sp³-hybridized carbons (Fsp3) is 0.231. The summed E-state index contributed by atoms with van der Waals surface area (Å²) in [4.78, 5) is 8.02. The average molecular weight is 487 g/mol. The van der Waals surface area contributed by atoms with Crippen LogP contribution in [0, 0.1) is 0 Å². The van der Waals surface area contributed by atoms with Gasteiger partial charge in [-0.25, -0.2) is 0 Å². The molecule has 3 nitrogen and oxygen atoms in total. The predicted octanol–water partition coefficient (Wildman–Crippen LogP) is 7.28. The molecule has 0 spiro atoms. The van der Waals surface area contributed by atoms with Gasteiger partial charge in [0.05, 0.1) is 11.1 Å². The number of likely N-dealkylation sites (N-methyl/N-ethyl adjacent to an activating group) is 2. The first-order valence-corrected chi connectivity index (χ1v) is 11.7. The van der Waals surface area contributed by atoms with Crippen molar-refractivity contribution < 1.29 is 0 Å². The van der Waals surface area contributed by atoms with Crippen LogP contribution in [0.5, 0.6) is 0 Å². The monoisotopic (exact) mass is 485 g/mol. The molecule has 0 atom stereocenters. The molecule has 0 radical (unpaired) electrons. The SMILES string of the molecule is CN(CCN(C)C(c1ccc(Cl)cc1)c1ccc(Cl)cc1)Cc1c[nH]c2cccc(Cl)c12. The van der Waals surface area contributed by atoms with E-state index < -0.39 is 0 Å². The molecule has 1 aromatic heterocycles. The van der Waals surface area contributed by atoms with Gasteiger partial charge in [0.1, 0.15) is 0 Å². The lowest BCUT2D eigenvalue weighted by Crippen LogP contribution is -2.33. The van der Waals surface area contributed by atoms with Crippen LogP contribution in [0.1, 0.15) is 22.7 Å². The summed E-state index contributed by atoms with van der Waals surface area (Å²) < 4.78 is 0. The molecule has 3 aromatic carbocycles. The summed E-state index contributed by atoms with van der Waals surface area (Å²) in [6, 6.07) is 22.2. The summed E-state index contributed by atoms with van der Waals surface area (Å²) in [5.74, 6) is 0. The number of benzene rings is 3. The number of fused-ring (bicyclic) bond motifs is 1. The van der Waals surface area contributed by atoms with Crippen LogP contribution in [0.4, 0.5) is 0 Å². The van der Waals surface area contributed by atoms with Crippen LogP contribution in [0.2, 0.25) is 15.1 Å². The van der Waals surface area contributed by atoms with Gasteiger partial charge in [-0.2, -0.15) is 0 Å². The van der Waals surface area contributed by atoms with Gasteiger partial charge in [-0.05, 0) is 67.2 Å². The van der Waals surface area contributed by atoms with Crippen molar-refractivity contribution in [2.45, 2.75) is 12.6 Å². The standard InChI is InChI=1S/C26H26Cl3N3/c1-31(17-20-16-30-24-5-3-4-23(29)25(20)24)14-15-32(2)26(18-6-10-21(27)11-7-18)19-8-12-22(28)13-9-19/h3-13,16,26,30H,14-15,17H2,1-2H3. The van der Waals surface area contributed by atoms with Gasteiger partial charge in [0, 0.05) is 46.8 Å². The summed E-state index contributed by atoms with van der Waals surface area (Å²) in [7, 11) is 4.30. The lowest BCUT2D eigenvalue weighted by molar-refractivity contribution is 0.223. The highest BCUT2D eigenvalue weighted by Gasteiger charge is 2.20. The molecule has 0 saturated heterocycles. The number of halogens is 3. The summed E-state index contributed by atoms with van der Waals surface area (Å²) in [6.07, 6.45) is 2.06. The Morgan fingerprint density at radius 1 is 0.781 bits per heavy atom. The molecule has 0 aliphatic heterocycles. The predicted molar refractivity (Wildman–Crippen MR) is 137 cm³/mol. The quantitative estimate of drug-likeness (QED) is 0.283. The van der Waals surface area contributed by atoms with E-state index in [1.54, 1.807) is 0 Å². The van der Waals surface area contributed by atoms with E-state index >= 15 is 0 Å². The molecule has 4 rings (SSSR count). The Hall–Kier alpha value is -2.01. The Labute approximate surface area is 204 Å². The fourth-order valence-corrected chi connectivity index (χ4v) is 4.70. The van der Waals surface area contributed by atoms with E-state index in [1.165, 1.54) is 16.7 Å². The van der Waals surface area contributed by atoms with Crippen molar-refractivity contribution in [3.05, 3.63) is 105 Å². The first-order chi connectivity index (χ1) is 15.4. The highest BCUT2D eigenvalue weighted by atomic mass is 35.5. The lowest BCUT2D eigenvalue weighted by Gasteiger charge is -2.31. The summed E-state index contributed by atoms with van der Waals surface area (Å²) in [5, 5.41) is 3.37. The number of hydrogen-bond donors (Lipinski definition) is 1. The normalized spacial score (nSPS) is 11.9. The van der Waals surface area contributed by atoms with Gasteiger partial charge in [0.15, 0.2) is 0 Å². The second kappa shape index (κ2) is 10.3. The van der Waals surface area contributed by atoms with E-state index in [9.17, 15) is 0 Å². The molecule has 1 N–H and O–H groups in total. The van der Waals surface area contributed by atoms with E-state index in [1.807, 2.05) is 36.4 Å². The van der Waals surface area contributed by atoms with Crippen LogP contribution in [0.3, 0.4) is 0 Å². The van der Waals surface area contributed by atoms with E-state index in [2.05, 4.69) is 65.4 Å². The molecule has 1 heterocycles. The highest BCUT2D eigenvalue weighted by Crippen LogP contribution is 2.30. The first-order valence-electron chi connectivity index (χ1n) is 10.6. The van der Waals surface area contributed by atoms with Gasteiger partial charge in [-0.3, -0.25) is 4.90 Å². The van der Waals surface area contributed by atoms with E-state index in [-0.39, 0.29) is 6.04 Å². The Bertz CT molecular complexity index is 1120. The third-order valence-electron chi connectivity index (χ3n) is 5.82. The van der Waals surface area contributed by atoms with Crippen LogP contribution in [0.25, 0.3) is 10.9 Å². The Kier molecular flexibility index (Phi) is 7.44. The van der Waals surface area contributed by atoms with Gasteiger partial charge in [-0.1, -0.05) is 65.1 Å². The van der Waals surface area contributed by atoms with Crippen molar-refractivity contribution in [2.75, 3.05) is 27.2 Å². The molecule has 0 bridgehead atoms. The van der Waals surface area contributed by atoms with Gasteiger partial charge in [-0.15, -0.1) is 0 Å². The van der Waals surface area contributed by atoms with Crippen molar-refractivity contribution in [2.24, 2.45) is 0 Å². The van der Waals surface area contributed by atoms with E-state index in [0.29, 0.717) is 0 Å². The number of nitrogens with zero attached hydrogens (tertiary/aromatic N) is 2. The van der Waals surface area contributed by atoms with Crippen molar-refractivity contribution >= 4 is 45.7 Å². The van der Waals surface area contributed by atoms with Gasteiger partial charge in [0.2, 0.25) is 0 Å². The lowest BCUT2D eigenvalue weighted by atomic mass is 9.97. The molecule has 32 heavy (non-hydrogen) atoms. The summed E-state index contributed by atoms with van der Waals surface area (Å²) >= 11 is 18.7. The van der Waals surface area contributed by atoms with Crippen LogP contribution < -0.4 is 0 Å². The molecule has 0 aliphatic carbocycles. The maximum Gasteiger partial charge on any atom is 0.0599 e. The maximum atomic E-state index is 6.45. The molecule has 4 aromatic rings. The van der Waals surface area contributed by atoms with Gasteiger partial charge in [0.25, 0.3) is 0 Å². The topological polar surface area (TPSA) is 22.3 Å². The minimum atomic E-state index is 0.112. The zero-order chi connectivity index (χ0) is 22.7. The molecule has 0 fully saturated rings. The van der Waals surface area contributed by atoms with Crippen LogP contribution in [0.15, 0.2) is 72.9 Å². The second-order valence-electron chi connectivity index (χ2n) is 8.20. The first kappa shape index (κ1) is 23.2. The molecule has 0 unspecified atom stereocenters. The molecule has 166 valence electrons. The Morgan fingerprint density at radius 3 is 1.97 bits per heavy atom. The third kappa shape index (κ3) is 5.31. The smallest absolute Gasteiger partial charge is 0.0599 e. The van der Waals surface area contributed by atoms with Crippen LogP contribution in [-0.2, 0) is 6.54 Å². The van der Waals surface area contributed by atoms with E-state index in [0.717, 1.165) is 45.6 Å². The van der Waals surface area contributed by atoms with Crippen molar-refractivity contribution in [3.8, 4) is 0 Å². The molecule has 0 saturated carbocycles. The number of aromatic nitrogens is 1. The largest absolute Gasteiger partial charge is 0.361 e. The fourth-order valence-electron chi connectivity index (χ4n) is 4.15. The van der Waals surface area contributed by atoms with Gasteiger partial charge < -0.3 is 9.88 Å². The number of hydrogen-bond acceptors (Lipinski definition) is 2. The Morgan fingerprint density at radius 2 is 1.38 bits per heavy atom. The van der Waals surface area contributed by atoms with Gasteiger partial charge >= 0.3 is 0 Å². The number of H-pyrrole nitrogens is 1. The van der Waals surface area contributed by atoms with Crippen LogP contribution >= 0.6 is 34.8 Å². The highest BCUT2D eigenvalue weighted by molar-refractivity contribution is 6.35. The number of rotatable bonds is 8. The zero-order valence-electron chi connectivity index (χ0n) is 18.2. The molecular weight excluding hydrogens is 461 g/mol. The third-order valence-corrected chi connectivity index (χ3v) is 6.64. The minimum Gasteiger partial charge on any atom is -0.361 e. The zero-order valence-corrected chi connectivity index (χ0v) is 20.4. The van der Waals surface area contributed by atoms with E-state index in [4.69, 9.17) is 34.8 Å². The summed E-state index contributed by atoms with van der Waals surface area (Å²) in [6.45, 7) is 2.62. The van der Waals surface area contributed by atoms with Crippen LogP contribution in [-0.4, -0.2) is 42.0 Å². The van der Waals surface area contributed by atoms with Crippen molar-refractivity contribution in [1.82, 2.24) is 14.8 Å². The van der Waals surface area contributed by atoms with Crippen molar-refractivity contribution in [1.29, 1.82) is 0 Å². The average Bonchev–Trinajstić information content (AvgIpc) is 3.19.